The second-order valence-corrected chi connectivity index (χ2v) is 9.30. The van der Waals surface area contributed by atoms with Crippen LogP contribution in [0.2, 0.25) is 0 Å². The smallest absolute Gasteiger partial charge is 0.213 e. The number of hydrogen-bond acceptors (Lipinski definition) is 2. The van der Waals surface area contributed by atoms with Crippen LogP contribution in [0.4, 0.5) is 10.1 Å². The zero-order chi connectivity index (χ0) is 24.8. The summed E-state index contributed by atoms with van der Waals surface area (Å²) >= 11 is 3.52. The fourth-order valence-electron chi connectivity index (χ4n) is 3.92. The van der Waals surface area contributed by atoms with Gasteiger partial charge in [-0.3, -0.25) is 0 Å². The molecule has 0 atom stereocenters. The number of nitriles is 1. The summed E-state index contributed by atoms with van der Waals surface area (Å²) in [6.07, 6.45) is 4.69. The standard InChI is InChI=1S/C30H26BrFN3/c1-34(19-3-18-33)28-15-4-22(5-16-28)6-17-29-20-25(23-9-13-27(32)14-10-23)21-30(35(29)2)24-7-11-26(31)12-8-24/h4-17,20-21H,3,19H2,1-2H3/q+1. The van der Waals surface area contributed by atoms with E-state index in [9.17, 15) is 4.39 Å². The highest BCUT2D eigenvalue weighted by molar-refractivity contribution is 9.10. The molecule has 35 heavy (non-hydrogen) atoms. The predicted molar refractivity (Wildman–Crippen MR) is 145 cm³/mol. The Morgan fingerprint density at radius 2 is 1.54 bits per heavy atom. The number of aromatic nitrogens is 1. The lowest BCUT2D eigenvalue weighted by Crippen LogP contribution is -2.34. The Kier molecular flexibility index (Phi) is 7.74. The summed E-state index contributed by atoms with van der Waals surface area (Å²) in [5.74, 6) is -0.245. The van der Waals surface area contributed by atoms with Crippen LogP contribution in [-0.2, 0) is 7.05 Å². The first-order valence-corrected chi connectivity index (χ1v) is 12.2. The van der Waals surface area contributed by atoms with E-state index in [1.54, 1.807) is 0 Å². The Labute approximate surface area is 214 Å². The zero-order valence-electron chi connectivity index (χ0n) is 19.7. The van der Waals surface area contributed by atoms with Crippen molar-refractivity contribution in [3.05, 3.63) is 106 Å². The van der Waals surface area contributed by atoms with E-state index in [0.29, 0.717) is 13.0 Å². The van der Waals surface area contributed by atoms with Gasteiger partial charge in [-0.1, -0.05) is 40.2 Å². The maximum Gasteiger partial charge on any atom is 0.213 e. The molecule has 174 valence electrons. The zero-order valence-corrected chi connectivity index (χ0v) is 21.3. The highest BCUT2D eigenvalue weighted by atomic mass is 79.9. The molecule has 0 bridgehead atoms. The number of anilines is 1. The van der Waals surface area contributed by atoms with Crippen LogP contribution in [0.15, 0.2) is 89.4 Å². The second-order valence-electron chi connectivity index (χ2n) is 8.38. The number of rotatable bonds is 7. The van der Waals surface area contributed by atoms with Crippen molar-refractivity contribution < 1.29 is 8.96 Å². The lowest BCUT2D eigenvalue weighted by Gasteiger charge is -2.17. The van der Waals surface area contributed by atoms with E-state index in [4.69, 9.17) is 5.26 Å². The summed E-state index contributed by atoms with van der Waals surface area (Å²) in [6, 6.07) is 29.6. The molecule has 1 aromatic heterocycles. The first-order chi connectivity index (χ1) is 16.9. The van der Waals surface area contributed by atoms with Crippen molar-refractivity contribution in [2.24, 2.45) is 7.05 Å². The van der Waals surface area contributed by atoms with E-state index in [2.05, 4.69) is 99.2 Å². The average molecular weight is 527 g/mol. The highest BCUT2D eigenvalue weighted by Gasteiger charge is 2.17. The van der Waals surface area contributed by atoms with Gasteiger partial charge in [0.2, 0.25) is 11.4 Å². The molecule has 0 amide bonds. The van der Waals surface area contributed by atoms with Crippen LogP contribution in [0.1, 0.15) is 17.7 Å². The average Bonchev–Trinajstić information content (AvgIpc) is 2.88. The topological polar surface area (TPSA) is 30.9 Å². The van der Waals surface area contributed by atoms with Crippen molar-refractivity contribution in [2.75, 3.05) is 18.5 Å². The maximum atomic E-state index is 13.5. The molecule has 5 heteroatoms. The van der Waals surface area contributed by atoms with Gasteiger partial charge in [-0.05, 0) is 71.3 Å². The summed E-state index contributed by atoms with van der Waals surface area (Å²) in [6.45, 7) is 0.705. The molecule has 3 nitrogen and oxygen atoms in total. The van der Waals surface area contributed by atoms with Gasteiger partial charge in [0.05, 0.1) is 12.5 Å². The number of pyridine rings is 1. The number of nitrogens with zero attached hydrogens (tertiary/aromatic N) is 3. The summed E-state index contributed by atoms with van der Waals surface area (Å²) in [4.78, 5) is 2.08. The Morgan fingerprint density at radius 1 is 0.886 bits per heavy atom. The van der Waals surface area contributed by atoms with Gasteiger partial charge in [-0.2, -0.15) is 9.83 Å². The van der Waals surface area contributed by atoms with Crippen LogP contribution in [0, 0.1) is 17.1 Å². The molecule has 3 aromatic carbocycles. The van der Waals surface area contributed by atoms with Crippen molar-refractivity contribution >= 4 is 33.8 Å². The molecule has 0 radical (unpaired) electrons. The molecule has 0 aliphatic carbocycles. The molecule has 4 aromatic rings. The summed E-state index contributed by atoms with van der Waals surface area (Å²) in [5, 5.41) is 8.81. The molecule has 0 fully saturated rings. The molecule has 4 rings (SSSR count). The summed E-state index contributed by atoms with van der Waals surface area (Å²) in [5.41, 5.74) is 7.34. The van der Waals surface area contributed by atoms with Gasteiger partial charge in [0.1, 0.15) is 12.9 Å². The molecule has 0 unspecified atom stereocenters. The minimum Gasteiger partial charge on any atom is -0.374 e. The third-order valence-corrected chi connectivity index (χ3v) is 6.53. The molecule has 0 N–H and O–H groups in total. The van der Waals surface area contributed by atoms with Gasteiger partial charge in [0.15, 0.2) is 0 Å². The fourth-order valence-corrected chi connectivity index (χ4v) is 4.18. The predicted octanol–water partition coefficient (Wildman–Crippen LogP) is 7.27. The Hall–Kier alpha value is -3.75. The number of halogens is 2. The van der Waals surface area contributed by atoms with Crippen molar-refractivity contribution in [2.45, 2.75) is 6.42 Å². The number of benzene rings is 3. The van der Waals surface area contributed by atoms with Crippen molar-refractivity contribution in [3.8, 4) is 28.5 Å². The minimum absolute atomic E-state index is 0.245. The second kappa shape index (κ2) is 11.1. The minimum atomic E-state index is -0.245. The van der Waals surface area contributed by atoms with E-state index < -0.39 is 0 Å². The van der Waals surface area contributed by atoms with Crippen molar-refractivity contribution in [3.63, 3.8) is 0 Å². The normalized spacial score (nSPS) is 10.9. The molecule has 1 heterocycles. The molecule has 0 spiro atoms. The SMILES string of the molecule is CN(CCC#N)c1ccc(C=Cc2cc(-c3ccc(F)cc3)cc(-c3ccc(Br)cc3)[n+]2C)cc1. The van der Waals surface area contributed by atoms with E-state index >= 15 is 0 Å². The first-order valence-electron chi connectivity index (χ1n) is 11.4. The lowest BCUT2D eigenvalue weighted by molar-refractivity contribution is -0.662. The molecule has 0 aliphatic heterocycles. The highest BCUT2D eigenvalue weighted by Crippen LogP contribution is 2.27. The van der Waals surface area contributed by atoms with E-state index in [1.165, 1.54) is 12.1 Å². The van der Waals surface area contributed by atoms with Gasteiger partial charge in [0, 0.05) is 47.5 Å². The monoisotopic (exact) mass is 526 g/mol. The largest absolute Gasteiger partial charge is 0.374 e. The van der Waals surface area contributed by atoms with Crippen LogP contribution >= 0.6 is 15.9 Å². The van der Waals surface area contributed by atoms with Crippen LogP contribution in [0.25, 0.3) is 34.5 Å². The third kappa shape index (κ3) is 6.03. The van der Waals surface area contributed by atoms with Gasteiger partial charge < -0.3 is 4.90 Å². The van der Waals surface area contributed by atoms with Crippen LogP contribution in [0.5, 0.6) is 0 Å². The summed E-state index contributed by atoms with van der Waals surface area (Å²) in [7, 11) is 4.05. The first kappa shape index (κ1) is 24.4. The molecular formula is C30H26BrFN3+. The third-order valence-electron chi connectivity index (χ3n) is 6.00. The quantitative estimate of drug-likeness (QED) is 0.237. The maximum absolute atomic E-state index is 13.5. The van der Waals surface area contributed by atoms with E-state index in [1.807, 2.05) is 31.3 Å². The van der Waals surface area contributed by atoms with Crippen LogP contribution in [0.3, 0.4) is 0 Å². The summed E-state index contributed by atoms with van der Waals surface area (Å²) < 4.78 is 16.7. The van der Waals surface area contributed by atoms with Crippen LogP contribution in [-0.4, -0.2) is 13.6 Å². The molecular weight excluding hydrogens is 501 g/mol. The fraction of sp³-hybridized carbons (Fsp3) is 0.133. The van der Waals surface area contributed by atoms with Gasteiger partial charge in [0.25, 0.3) is 0 Å². The molecule has 0 aliphatic rings. The Morgan fingerprint density at radius 3 is 2.20 bits per heavy atom. The number of hydrogen-bond donors (Lipinski definition) is 0. The Bertz CT molecular complexity index is 1370. The van der Waals surface area contributed by atoms with Crippen molar-refractivity contribution in [1.82, 2.24) is 0 Å². The van der Waals surface area contributed by atoms with Crippen molar-refractivity contribution in [1.29, 1.82) is 5.26 Å². The van der Waals surface area contributed by atoms with Gasteiger partial charge >= 0.3 is 0 Å². The van der Waals surface area contributed by atoms with Gasteiger partial charge in [-0.15, -0.1) is 0 Å². The Balaban J connectivity index is 1.70. The molecule has 0 saturated carbocycles. The van der Waals surface area contributed by atoms with E-state index in [-0.39, 0.29) is 5.82 Å². The van der Waals surface area contributed by atoms with Gasteiger partial charge in [-0.25, -0.2) is 4.39 Å². The van der Waals surface area contributed by atoms with E-state index in [0.717, 1.165) is 43.8 Å². The lowest BCUT2D eigenvalue weighted by atomic mass is 10.0. The molecule has 0 saturated heterocycles. The van der Waals surface area contributed by atoms with Crippen LogP contribution < -0.4 is 9.47 Å².